The summed E-state index contributed by atoms with van der Waals surface area (Å²) in [7, 11) is 0. The molecule has 2 aromatic carbocycles. The molecule has 1 N–H and O–H groups in total. The summed E-state index contributed by atoms with van der Waals surface area (Å²) in [5, 5.41) is 25.2. The molecule has 0 aliphatic rings. The molecule has 1 aromatic heterocycles. The number of nitrogens with one attached hydrogen (secondary N) is 1. The van der Waals surface area contributed by atoms with E-state index in [1.165, 1.54) is 19.1 Å². The summed E-state index contributed by atoms with van der Waals surface area (Å²) in [6, 6.07) is 11.7. The van der Waals surface area contributed by atoms with E-state index in [-0.39, 0.29) is 23.6 Å². The highest BCUT2D eigenvalue weighted by Crippen LogP contribution is 2.32. The maximum atomic E-state index is 12.4. The SMILES string of the molecule is Cc1c([N+](=O)[O-])cc(NC(=O)c2ccc(COc3ccc(Cl)cc3)o2)cc1[N+](=O)[O-]. The fraction of sp³-hybridized carbons (Fsp3) is 0.105. The molecule has 1 heterocycles. The second-order valence-corrected chi connectivity index (χ2v) is 6.55. The number of ether oxygens (including phenoxy) is 1. The second-order valence-electron chi connectivity index (χ2n) is 6.12. The number of nitro benzene ring substituents is 2. The zero-order chi connectivity index (χ0) is 21.8. The first-order valence-corrected chi connectivity index (χ1v) is 8.84. The molecule has 30 heavy (non-hydrogen) atoms. The molecule has 10 nitrogen and oxygen atoms in total. The number of furan rings is 1. The van der Waals surface area contributed by atoms with Gasteiger partial charge in [-0.1, -0.05) is 11.6 Å². The van der Waals surface area contributed by atoms with Crippen LogP contribution in [-0.4, -0.2) is 15.8 Å². The first-order chi connectivity index (χ1) is 14.2. The smallest absolute Gasteiger partial charge is 0.291 e. The minimum absolute atomic E-state index is 0.0520. The normalized spacial score (nSPS) is 10.5. The van der Waals surface area contributed by atoms with Crippen molar-refractivity contribution in [3.8, 4) is 5.75 Å². The predicted octanol–water partition coefficient (Wildman–Crippen LogP) is 4.89. The van der Waals surface area contributed by atoms with Gasteiger partial charge in [0.2, 0.25) is 0 Å². The number of nitrogens with zero attached hydrogens (tertiary/aromatic N) is 2. The summed E-state index contributed by atoms with van der Waals surface area (Å²) < 4.78 is 10.9. The van der Waals surface area contributed by atoms with Crippen LogP contribution in [0.2, 0.25) is 5.02 Å². The van der Waals surface area contributed by atoms with Gasteiger partial charge in [-0.3, -0.25) is 25.0 Å². The van der Waals surface area contributed by atoms with Gasteiger partial charge >= 0.3 is 0 Å². The van der Waals surface area contributed by atoms with E-state index in [0.717, 1.165) is 12.1 Å². The van der Waals surface area contributed by atoms with E-state index in [1.54, 1.807) is 24.3 Å². The Kier molecular flexibility index (Phi) is 5.98. The number of carbonyl (C=O) groups is 1. The average Bonchev–Trinajstić information content (AvgIpc) is 3.17. The molecule has 3 rings (SSSR count). The lowest BCUT2D eigenvalue weighted by Gasteiger charge is -2.06. The summed E-state index contributed by atoms with van der Waals surface area (Å²) in [5.41, 5.74) is -1.16. The van der Waals surface area contributed by atoms with E-state index in [2.05, 4.69) is 5.32 Å². The van der Waals surface area contributed by atoms with Crippen molar-refractivity contribution in [1.82, 2.24) is 0 Å². The monoisotopic (exact) mass is 431 g/mol. The Hall–Kier alpha value is -3.92. The topological polar surface area (TPSA) is 138 Å². The number of hydrogen-bond donors (Lipinski definition) is 1. The van der Waals surface area contributed by atoms with E-state index in [1.807, 2.05) is 0 Å². The van der Waals surface area contributed by atoms with E-state index in [0.29, 0.717) is 16.5 Å². The van der Waals surface area contributed by atoms with E-state index in [4.69, 9.17) is 20.8 Å². The molecule has 154 valence electrons. The Bertz CT molecular complexity index is 1090. The standard InChI is InChI=1S/C19H14ClN3O7/c1-11-16(22(25)26)8-13(9-17(11)23(27)28)21-19(24)18-7-6-15(30-18)10-29-14-4-2-12(20)3-5-14/h2-9H,10H2,1H3,(H,21,24). The molecule has 0 saturated carbocycles. The third kappa shape index (κ3) is 4.73. The van der Waals surface area contributed by atoms with Gasteiger partial charge < -0.3 is 14.5 Å². The zero-order valence-corrected chi connectivity index (χ0v) is 16.2. The van der Waals surface area contributed by atoms with E-state index in [9.17, 15) is 25.0 Å². The maximum Gasteiger partial charge on any atom is 0.291 e. The zero-order valence-electron chi connectivity index (χ0n) is 15.5. The number of halogens is 1. The molecule has 0 bridgehead atoms. The summed E-state index contributed by atoms with van der Waals surface area (Å²) in [4.78, 5) is 33.2. The first kappa shape index (κ1) is 20.8. The lowest BCUT2D eigenvalue weighted by atomic mass is 10.1. The molecule has 0 unspecified atom stereocenters. The van der Waals surface area contributed by atoms with Crippen molar-refractivity contribution in [2.75, 3.05) is 5.32 Å². The molecule has 0 radical (unpaired) electrons. The Balaban J connectivity index is 1.73. The highest BCUT2D eigenvalue weighted by molar-refractivity contribution is 6.30. The third-order valence-corrected chi connectivity index (χ3v) is 4.34. The molecule has 0 atom stereocenters. The van der Waals surface area contributed by atoms with Gasteiger partial charge in [0.25, 0.3) is 17.3 Å². The third-order valence-electron chi connectivity index (χ3n) is 4.08. The number of hydrogen-bond acceptors (Lipinski definition) is 7. The van der Waals surface area contributed by atoms with Crippen LogP contribution in [0.3, 0.4) is 0 Å². The van der Waals surface area contributed by atoms with Crippen LogP contribution in [0.5, 0.6) is 5.75 Å². The summed E-state index contributed by atoms with van der Waals surface area (Å²) in [6.07, 6.45) is 0. The molecule has 0 spiro atoms. The highest BCUT2D eigenvalue weighted by atomic mass is 35.5. The molecular formula is C19H14ClN3O7. The Morgan fingerprint density at radius 1 is 1.07 bits per heavy atom. The summed E-state index contributed by atoms with van der Waals surface area (Å²) in [5.74, 6) is 0.104. The predicted molar refractivity (Wildman–Crippen MR) is 107 cm³/mol. The number of nitro groups is 2. The maximum absolute atomic E-state index is 12.4. The minimum atomic E-state index is -0.753. The Morgan fingerprint density at radius 3 is 2.23 bits per heavy atom. The average molecular weight is 432 g/mol. The van der Waals surface area contributed by atoms with Crippen LogP contribution in [0, 0.1) is 27.2 Å². The lowest BCUT2D eigenvalue weighted by molar-refractivity contribution is -0.395. The van der Waals surface area contributed by atoms with Crippen LogP contribution >= 0.6 is 11.6 Å². The quantitative estimate of drug-likeness (QED) is 0.415. The number of carbonyl (C=O) groups excluding carboxylic acids is 1. The molecule has 0 fully saturated rings. The van der Waals surface area contributed by atoms with Crippen molar-refractivity contribution < 1.29 is 23.8 Å². The highest BCUT2D eigenvalue weighted by Gasteiger charge is 2.24. The molecule has 11 heteroatoms. The van der Waals surface area contributed by atoms with Crippen LogP contribution in [0.15, 0.2) is 52.9 Å². The van der Waals surface area contributed by atoms with E-state index < -0.39 is 27.1 Å². The van der Waals surface area contributed by atoms with E-state index >= 15 is 0 Å². The van der Waals surface area contributed by atoms with Gasteiger partial charge in [-0.2, -0.15) is 0 Å². The van der Waals surface area contributed by atoms with Crippen molar-refractivity contribution in [3.63, 3.8) is 0 Å². The molecule has 3 aromatic rings. The van der Waals surface area contributed by atoms with Crippen molar-refractivity contribution in [2.24, 2.45) is 0 Å². The minimum Gasteiger partial charge on any atom is -0.486 e. The molecule has 0 saturated heterocycles. The van der Waals surface area contributed by atoms with Crippen molar-refractivity contribution in [1.29, 1.82) is 0 Å². The van der Waals surface area contributed by atoms with Gasteiger partial charge in [0.15, 0.2) is 5.76 Å². The van der Waals surface area contributed by atoms with Gasteiger partial charge in [-0.25, -0.2) is 0 Å². The Morgan fingerprint density at radius 2 is 1.67 bits per heavy atom. The number of anilines is 1. The van der Waals surface area contributed by atoms with Gasteiger partial charge in [-0.05, 0) is 43.3 Å². The van der Waals surface area contributed by atoms with Gasteiger partial charge in [0, 0.05) is 17.2 Å². The van der Waals surface area contributed by atoms with Crippen LogP contribution in [-0.2, 0) is 6.61 Å². The number of rotatable bonds is 7. The fourth-order valence-corrected chi connectivity index (χ4v) is 2.72. The summed E-state index contributed by atoms with van der Waals surface area (Å²) >= 11 is 5.80. The van der Waals surface area contributed by atoms with Crippen LogP contribution < -0.4 is 10.1 Å². The Labute approximate surface area is 174 Å². The number of benzene rings is 2. The first-order valence-electron chi connectivity index (χ1n) is 8.46. The largest absolute Gasteiger partial charge is 0.486 e. The van der Waals surface area contributed by atoms with Crippen LogP contribution in [0.4, 0.5) is 17.1 Å². The number of amides is 1. The molecule has 0 aliphatic heterocycles. The van der Waals surface area contributed by atoms with Crippen LogP contribution in [0.1, 0.15) is 21.9 Å². The molecular weight excluding hydrogens is 418 g/mol. The molecule has 0 aliphatic carbocycles. The van der Waals surface area contributed by atoms with Gasteiger partial charge in [0.1, 0.15) is 23.7 Å². The lowest BCUT2D eigenvalue weighted by Crippen LogP contribution is -2.12. The van der Waals surface area contributed by atoms with Crippen LogP contribution in [0.25, 0.3) is 0 Å². The van der Waals surface area contributed by atoms with Gasteiger partial charge in [-0.15, -0.1) is 0 Å². The van der Waals surface area contributed by atoms with Crippen molar-refractivity contribution in [2.45, 2.75) is 13.5 Å². The van der Waals surface area contributed by atoms with Crippen molar-refractivity contribution >= 4 is 34.6 Å². The van der Waals surface area contributed by atoms with Gasteiger partial charge in [0.05, 0.1) is 15.5 Å². The van der Waals surface area contributed by atoms with Crippen molar-refractivity contribution in [3.05, 3.63) is 90.9 Å². The molecule has 1 amide bonds. The second kappa shape index (κ2) is 8.62. The fourth-order valence-electron chi connectivity index (χ4n) is 2.59. The summed E-state index contributed by atoms with van der Waals surface area (Å²) in [6.45, 7) is 1.32.